The maximum absolute atomic E-state index is 4.18. The molecule has 4 nitrogen and oxygen atoms in total. The van der Waals surface area contributed by atoms with E-state index in [-0.39, 0.29) is 0 Å². The van der Waals surface area contributed by atoms with Gasteiger partial charge in [0, 0.05) is 5.56 Å². The Bertz CT molecular complexity index is 642. The Labute approximate surface area is 92.5 Å². The Morgan fingerprint density at radius 2 is 1.81 bits per heavy atom. The third-order valence-electron chi connectivity index (χ3n) is 2.52. The molecule has 0 fully saturated rings. The van der Waals surface area contributed by atoms with Crippen molar-refractivity contribution in [3.8, 4) is 11.4 Å². The van der Waals surface area contributed by atoms with E-state index < -0.39 is 0 Å². The van der Waals surface area contributed by atoms with Gasteiger partial charge >= 0.3 is 0 Å². The first-order valence-electron chi connectivity index (χ1n) is 5.06. The van der Waals surface area contributed by atoms with E-state index in [4.69, 9.17) is 0 Å². The van der Waals surface area contributed by atoms with E-state index in [2.05, 4.69) is 39.7 Å². The third-order valence-corrected chi connectivity index (χ3v) is 2.52. The van der Waals surface area contributed by atoms with E-state index in [1.54, 1.807) is 7.05 Å². The summed E-state index contributed by atoms with van der Waals surface area (Å²) < 4.78 is 0. The quantitative estimate of drug-likeness (QED) is 0.617. The van der Waals surface area contributed by atoms with Crippen LogP contribution in [0.1, 0.15) is 0 Å². The van der Waals surface area contributed by atoms with E-state index in [1.165, 1.54) is 15.6 Å². The molecule has 78 valence electrons. The highest BCUT2D eigenvalue weighted by molar-refractivity contribution is 5.86. The second-order valence-electron chi connectivity index (χ2n) is 3.66. The summed E-state index contributed by atoms with van der Waals surface area (Å²) in [6.45, 7) is 0. The summed E-state index contributed by atoms with van der Waals surface area (Å²) in [6.07, 6.45) is 0. The van der Waals surface area contributed by atoms with Gasteiger partial charge in [0.1, 0.15) is 0 Å². The molecule has 0 aliphatic heterocycles. The van der Waals surface area contributed by atoms with E-state index in [0.29, 0.717) is 5.82 Å². The maximum Gasteiger partial charge on any atom is 0.204 e. The van der Waals surface area contributed by atoms with Crippen molar-refractivity contribution in [3.05, 3.63) is 42.5 Å². The molecule has 0 amide bonds. The standard InChI is InChI=1S/C12H10N4/c1-16-14-12(13-15-16)11-7-6-9-4-2-3-5-10(9)8-11/h2-8H,1H3. The van der Waals surface area contributed by atoms with Crippen LogP contribution >= 0.6 is 0 Å². The van der Waals surface area contributed by atoms with Crippen molar-refractivity contribution in [2.45, 2.75) is 0 Å². The highest BCUT2D eigenvalue weighted by Gasteiger charge is 2.04. The molecule has 1 heterocycles. The predicted octanol–water partition coefficient (Wildman–Crippen LogP) is 2.03. The molecule has 0 spiro atoms. The van der Waals surface area contributed by atoms with Crippen molar-refractivity contribution < 1.29 is 0 Å². The molecule has 0 atom stereocenters. The van der Waals surface area contributed by atoms with Crippen molar-refractivity contribution in [3.63, 3.8) is 0 Å². The topological polar surface area (TPSA) is 43.6 Å². The molecule has 16 heavy (non-hydrogen) atoms. The summed E-state index contributed by atoms with van der Waals surface area (Å²) in [5, 5.41) is 14.4. The number of fused-ring (bicyclic) bond motifs is 1. The number of hydrogen-bond acceptors (Lipinski definition) is 3. The van der Waals surface area contributed by atoms with Crippen LogP contribution in [0.25, 0.3) is 22.2 Å². The highest BCUT2D eigenvalue weighted by atomic mass is 15.6. The fourth-order valence-corrected chi connectivity index (χ4v) is 1.73. The molecular formula is C12H10N4. The van der Waals surface area contributed by atoms with Gasteiger partial charge in [0.25, 0.3) is 0 Å². The van der Waals surface area contributed by atoms with Gasteiger partial charge < -0.3 is 0 Å². The first-order valence-corrected chi connectivity index (χ1v) is 5.06. The molecule has 0 radical (unpaired) electrons. The van der Waals surface area contributed by atoms with Gasteiger partial charge in [-0.15, -0.1) is 10.2 Å². The van der Waals surface area contributed by atoms with Gasteiger partial charge in [-0.3, -0.25) is 0 Å². The van der Waals surface area contributed by atoms with E-state index in [0.717, 1.165) is 5.56 Å². The van der Waals surface area contributed by atoms with E-state index in [9.17, 15) is 0 Å². The number of hydrogen-bond donors (Lipinski definition) is 0. The van der Waals surface area contributed by atoms with Gasteiger partial charge in [0.05, 0.1) is 7.05 Å². The fourth-order valence-electron chi connectivity index (χ4n) is 1.73. The normalized spacial score (nSPS) is 10.8. The summed E-state index contributed by atoms with van der Waals surface area (Å²) in [4.78, 5) is 1.46. The van der Waals surface area contributed by atoms with Crippen LogP contribution in [-0.4, -0.2) is 20.2 Å². The van der Waals surface area contributed by atoms with Crippen molar-refractivity contribution >= 4 is 10.8 Å². The summed E-state index contributed by atoms with van der Waals surface area (Å²) in [5.74, 6) is 0.660. The lowest BCUT2D eigenvalue weighted by atomic mass is 10.1. The average molecular weight is 210 g/mol. The second kappa shape index (κ2) is 3.41. The lowest BCUT2D eigenvalue weighted by Gasteiger charge is -1.99. The molecule has 0 aliphatic carbocycles. The zero-order valence-electron chi connectivity index (χ0n) is 8.83. The largest absolute Gasteiger partial charge is 0.204 e. The van der Waals surface area contributed by atoms with Crippen molar-refractivity contribution in [2.75, 3.05) is 0 Å². The lowest BCUT2D eigenvalue weighted by molar-refractivity contribution is 0.630. The van der Waals surface area contributed by atoms with Crippen LogP contribution in [0.2, 0.25) is 0 Å². The van der Waals surface area contributed by atoms with Gasteiger partial charge in [-0.1, -0.05) is 36.4 Å². The van der Waals surface area contributed by atoms with Crippen LogP contribution in [0.3, 0.4) is 0 Å². The number of benzene rings is 2. The molecular weight excluding hydrogens is 200 g/mol. The zero-order chi connectivity index (χ0) is 11.0. The smallest absolute Gasteiger partial charge is 0.167 e. The lowest BCUT2D eigenvalue weighted by Crippen LogP contribution is -1.91. The molecule has 0 saturated heterocycles. The van der Waals surface area contributed by atoms with Gasteiger partial charge in [-0.25, -0.2) is 0 Å². The number of tetrazole rings is 1. The minimum absolute atomic E-state index is 0.660. The van der Waals surface area contributed by atoms with Crippen LogP contribution in [-0.2, 0) is 7.05 Å². The highest BCUT2D eigenvalue weighted by Crippen LogP contribution is 2.20. The summed E-state index contributed by atoms with van der Waals surface area (Å²) in [6, 6.07) is 14.4. The van der Waals surface area contributed by atoms with Crippen LogP contribution in [0, 0.1) is 0 Å². The Kier molecular flexibility index (Phi) is 1.93. The molecule has 1 aromatic heterocycles. The van der Waals surface area contributed by atoms with Gasteiger partial charge in [0.15, 0.2) is 0 Å². The van der Waals surface area contributed by atoms with Crippen molar-refractivity contribution in [1.29, 1.82) is 0 Å². The minimum Gasteiger partial charge on any atom is -0.167 e. The molecule has 4 heteroatoms. The Balaban J connectivity index is 2.18. The minimum atomic E-state index is 0.660. The second-order valence-corrected chi connectivity index (χ2v) is 3.66. The van der Waals surface area contributed by atoms with E-state index >= 15 is 0 Å². The SMILES string of the molecule is Cn1nnc(-c2ccc3ccccc3c2)n1. The fraction of sp³-hybridized carbons (Fsp3) is 0.0833. The third kappa shape index (κ3) is 1.44. The van der Waals surface area contributed by atoms with Crippen molar-refractivity contribution in [2.24, 2.45) is 7.05 Å². The average Bonchev–Trinajstić information content (AvgIpc) is 2.75. The molecule has 2 aromatic carbocycles. The number of aryl methyl sites for hydroxylation is 1. The zero-order valence-corrected chi connectivity index (χ0v) is 8.83. The number of rotatable bonds is 1. The van der Waals surface area contributed by atoms with Crippen molar-refractivity contribution in [1.82, 2.24) is 20.2 Å². The molecule has 0 aliphatic rings. The first kappa shape index (κ1) is 9.03. The van der Waals surface area contributed by atoms with Crippen LogP contribution in [0.5, 0.6) is 0 Å². The monoisotopic (exact) mass is 210 g/mol. The van der Waals surface area contributed by atoms with Gasteiger partial charge in [-0.2, -0.15) is 4.80 Å². The molecule has 3 rings (SSSR count). The Morgan fingerprint density at radius 1 is 1.00 bits per heavy atom. The summed E-state index contributed by atoms with van der Waals surface area (Å²) in [5.41, 5.74) is 0.992. The number of nitrogens with zero attached hydrogens (tertiary/aromatic N) is 4. The summed E-state index contributed by atoms with van der Waals surface area (Å²) >= 11 is 0. The van der Waals surface area contributed by atoms with Gasteiger partial charge in [-0.05, 0) is 22.1 Å². The molecule has 0 N–H and O–H groups in total. The first-order chi connectivity index (χ1) is 7.83. The molecule has 0 unspecified atom stereocenters. The molecule has 3 aromatic rings. The number of aromatic nitrogens is 4. The maximum atomic E-state index is 4.18. The van der Waals surface area contributed by atoms with E-state index in [1.807, 2.05) is 18.2 Å². The Hall–Kier alpha value is -2.23. The molecule has 0 bridgehead atoms. The predicted molar refractivity (Wildman–Crippen MR) is 61.7 cm³/mol. The van der Waals surface area contributed by atoms with Crippen LogP contribution < -0.4 is 0 Å². The van der Waals surface area contributed by atoms with Crippen LogP contribution in [0.15, 0.2) is 42.5 Å². The van der Waals surface area contributed by atoms with Crippen LogP contribution in [0.4, 0.5) is 0 Å². The van der Waals surface area contributed by atoms with Gasteiger partial charge in [0.2, 0.25) is 5.82 Å². The summed E-state index contributed by atoms with van der Waals surface area (Å²) in [7, 11) is 1.76. The Morgan fingerprint density at radius 3 is 2.56 bits per heavy atom. The molecule has 0 saturated carbocycles.